The number of esters is 1. The standard InChI is InChI=1S/C21H21NO3/c1-21(2)16-13-15(20(24)25-4)9-11-17(16)22(3)19(21)12-10-14-7-5-6-8-18(14)23/h5-13H,1-4H3/b14-10-,19-12-. The first kappa shape index (κ1) is 17.0. The van der Waals surface area contributed by atoms with E-state index in [9.17, 15) is 9.59 Å². The van der Waals surface area contributed by atoms with Gasteiger partial charge >= 0.3 is 5.97 Å². The highest BCUT2D eigenvalue weighted by Crippen LogP contribution is 2.47. The van der Waals surface area contributed by atoms with Crippen molar-refractivity contribution in [2.75, 3.05) is 19.1 Å². The molecule has 3 rings (SSSR count). The third-order valence-corrected chi connectivity index (χ3v) is 4.79. The first-order valence-corrected chi connectivity index (χ1v) is 8.14. The third-order valence-electron chi connectivity index (χ3n) is 4.79. The number of hydrogen-bond donors (Lipinski definition) is 0. The number of rotatable bonds is 2. The average Bonchev–Trinajstić information content (AvgIpc) is 2.80. The molecule has 0 atom stereocenters. The Morgan fingerprint density at radius 1 is 1.16 bits per heavy atom. The number of methoxy groups -OCH3 is 1. The Morgan fingerprint density at radius 3 is 2.56 bits per heavy atom. The first-order chi connectivity index (χ1) is 11.9. The van der Waals surface area contributed by atoms with Crippen LogP contribution in [0.4, 0.5) is 5.69 Å². The van der Waals surface area contributed by atoms with Crippen LogP contribution in [0.2, 0.25) is 0 Å². The van der Waals surface area contributed by atoms with Gasteiger partial charge in [-0.25, -0.2) is 4.79 Å². The first-order valence-electron chi connectivity index (χ1n) is 8.14. The number of ether oxygens (including phenoxy) is 1. The number of hydrogen-bond acceptors (Lipinski definition) is 4. The maximum Gasteiger partial charge on any atom is 0.337 e. The molecule has 0 amide bonds. The van der Waals surface area contributed by atoms with Gasteiger partial charge in [0.25, 0.3) is 0 Å². The molecule has 0 saturated heterocycles. The lowest BCUT2D eigenvalue weighted by Crippen LogP contribution is -2.22. The van der Waals surface area contributed by atoms with Gasteiger partial charge in [0.15, 0.2) is 5.78 Å². The monoisotopic (exact) mass is 335 g/mol. The fraction of sp³-hybridized carbons (Fsp3) is 0.238. The lowest BCUT2D eigenvalue weighted by Gasteiger charge is -2.24. The second-order valence-electron chi connectivity index (χ2n) is 6.66. The molecule has 1 heterocycles. The third kappa shape index (κ3) is 2.84. The van der Waals surface area contributed by atoms with Crippen LogP contribution in [-0.4, -0.2) is 25.9 Å². The number of carbonyl (C=O) groups is 2. The highest BCUT2D eigenvalue weighted by atomic mass is 16.5. The van der Waals surface area contributed by atoms with Crippen molar-refractivity contribution in [3.8, 4) is 0 Å². The van der Waals surface area contributed by atoms with Crippen molar-refractivity contribution in [1.82, 2.24) is 0 Å². The Hall–Kier alpha value is -2.88. The topological polar surface area (TPSA) is 46.6 Å². The zero-order valence-electron chi connectivity index (χ0n) is 14.9. The summed E-state index contributed by atoms with van der Waals surface area (Å²) in [4.78, 5) is 25.9. The number of anilines is 1. The van der Waals surface area contributed by atoms with Crippen molar-refractivity contribution in [3.63, 3.8) is 0 Å². The largest absolute Gasteiger partial charge is 0.465 e. The van der Waals surface area contributed by atoms with Crippen LogP contribution in [0.15, 0.2) is 65.9 Å². The second-order valence-corrected chi connectivity index (χ2v) is 6.66. The summed E-state index contributed by atoms with van der Waals surface area (Å²) in [6.45, 7) is 4.22. The lowest BCUT2D eigenvalue weighted by molar-refractivity contribution is -0.111. The van der Waals surface area contributed by atoms with Gasteiger partial charge in [-0.3, -0.25) is 4.79 Å². The zero-order valence-corrected chi connectivity index (χ0v) is 14.9. The molecule has 0 N–H and O–H groups in total. The van der Waals surface area contributed by atoms with E-state index in [1.807, 2.05) is 43.5 Å². The molecule has 1 aliphatic carbocycles. The smallest absolute Gasteiger partial charge is 0.337 e. The van der Waals surface area contributed by atoms with Crippen molar-refractivity contribution in [2.24, 2.45) is 0 Å². The van der Waals surface area contributed by atoms with Gasteiger partial charge in [-0.15, -0.1) is 0 Å². The minimum atomic E-state index is -0.342. The molecule has 0 spiro atoms. The predicted octanol–water partition coefficient (Wildman–Crippen LogP) is 3.71. The van der Waals surface area contributed by atoms with Gasteiger partial charge in [-0.2, -0.15) is 0 Å². The molecular weight excluding hydrogens is 314 g/mol. The van der Waals surface area contributed by atoms with Crippen LogP contribution in [0.1, 0.15) is 29.8 Å². The molecule has 4 nitrogen and oxygen atoms in total. The number of allylic oxidation sites excluding steroid dienone is 8. The van der Waals surface area contributed by atoms with Gasteiger partial charge in [0, 0.05) is 29.4 Å². The molecule has 0 radical (unpaired) electrons. The van der Waals surface area contributed by atoms with Crippen molar-refractivity contribution < 1.29 is 14.3 Å². The zero-order chi connectivity index (χ0) is 18.2. The average molecular weight is 335 g/mol. The number of fused-ring (bicyclic) bond motifs is 1. The summed E-state index contributed by atoms with van der Waals surface area (Å²) in [5.41, 5.74) is 4.08. The minimum absolute atomic E-state index is 0.00305. The highest BCUT2D eigenvalue weighted by molar-refractivity contribution is 6.07. The maximum atomic E-state index is 11.9. The van der Waals surface area contributed by atoms with Crippen LogP contribution in [0, 0.1) is 0 Å². The molecule has 1 aromatic carbocycles. The van der Waals surface area contributed by atoms with E-state index in [-0.39, 0.29) is 17.2 Å². The molecule has 25 heavy (non-hydrogen) atoms. The van der Waals surface area contributed by atoms with Gasteiger partial charge in [-0.1, -0.05) is 32.1 Å². The summed E-state index contributed by atoms with van der Waals surface area (Å²) in [5.74, 6) is -0.339. The molecular formula is C21H21NO3. The number of carbonyl (C=O) groups excluding carboxylic acids is 2. The summed E-state index contributed by atoms with van der Waals surface area (Å²) in [6.07, 6.45) is 10.8. The van der Waals surface area contributed by atoms with Crippen LogP contribution >= 0.6 is 0 Å². The Balaban J connectivity index is 2.03. The molecule has 0 saturated carbocycles. The van der Waals surface area contributed by atoms with E-state index in [2.05, 4.69) is 18.7 Å². The van der Waals surface area contributed by atoms with E-state index < -0.39 is 0 Å². The molecule has 128 valence electrons. The molecule has 0 aromatic heterocycles. The van der Waals surface area contributed by atoms with Crippen molar-refractivity contribution in [2.45, 2.75) is 19.3 Å². The molecule has 1 aliphatic heterocycles. The van der Waals surface area contributed by atoms with Gasteiger partial charge < -0.3 is 9.64 Å². The van der Waals surface area contributed by atoms with E-state index in [1.165, 1.54) is 7.11 Å². The van der Waals surface area contributed by atoms with Crippen LogP contribution < -0.4 is 4.90 Å². The molecule has 0 unspecified atom stereocenters. The van der Waals surface area contributed by atoms with Crippen molar-refractivity contribution in [1.29, 1.82) is 0 Å². The summed E-state index contributed by atoms with van der Waals surface area (Å²) >= 11 is 0. The van der Waals surface area contributed by atoms with E-state index in [1.54, 1.807) is 18.2 Å². The van der Waals surface area contributed by atoms with E-state index in [0.717, 1.165) is 16.9 Å². The number of nitrogens with zero attached hydrogens (tertiary/aromatic N) is 1. The van der Waals surface area contributed by atoms with Crippen LogP contribution in [0.25, 0.3) is 0 Å². The predicted molar refractivity (Wildman–Crippen MR) is 98.7 cm³/mol. The van der Waals surface area contributed by atoms with Crippen molar-refractivity contribution in [3.05, 3.63) is 77.1 Å². The van der Waals surface area contributed by atoms with Crippen LogP contribution in [0.3, 0.4) is 0 Å². The number of ketones is 1. The normalized spacial score (nSPS) is 21.1. The van der Waals surface area contributed by atoms with Gasteiger partial charge in [0.05, 0.1) is 12.7 Å². The summed E-state index contributed by atoms with van der Waals surface area (Å²) in [5, 5.41) is 0. The Morgan fingerprint density at radius 2 is 1.88 bits per heavy atom. The fourth-order valence-corrected chi connectivity index (χ4v) is 3.37. The van der Waals surface area contributed by atoms with E-state index in [4.69, 9.17) is 4.74 Å². The summed E-state index contributed by atoms with van der Waals surface area (Å²) < 4.78 is 4.83. The van der Waals surface area contributed by atoms with Gasteiger partial charge in [0.1, 0.15) is 0 Å². The molecule has 2 aliphatic rings. The molecule has 0 bridgehead atoms. The Bertz CT molecular complexity index is 869. The SMILES string of the molecule is COC(=O)c1ccc2c(c1)C(C)(C)/C(=C/C=C1/C=CC=CC1=O)N2C. The van der Waals surface area contributed by atoms with Crippen LogP contribution in [0.5, 0.6) is 0 Å². The Kier molecular flexibility index (Phi) is 4.21. The molecule has 4 heteroatoms. The summed E-state index contributed by atoms with van der Waals surface area (Å²) in [6, 6.07) is 5.60. The lowest BCUT2D eigenvalue weighted by atomic mass is 9.83. The second kappa shape index (κ2) is 6.20. The van der Waals surface area contributed by atoms with E-state index in [0.29, 0.717) is 11.1 Å². The molecule has 0 fully saturated rings. The number of likely N-dealkylation sites (N-methyl/N-ethyl adjacent to an activating group) is 1. The maximum absolute atomic E-state index is 11.9. The highest BCUT2D eigenvalue weighted by Gasteiger charge is 2.38. The quantitative estimate of drug-likeness (QED) is 0.611. The Labute approximate surface area is 147 Å². The van der Waals surface area contributed by atoms with Gasteiger partial charge in [-0.05, 0) is 42.0 Å². The molecule has 1 aromatic rings. The van der Waals surface area contributed by atoms with Crippen molar-refractivity contribution >= 4 is 17.4 Å². The summed E-state index contributed by atoms with van der Waals surface area (Å²) in [7, 11) is 3.38. The number of benzene rings is 1. The minimum Gasteiger partial charge on any atom is -0.465 e. The van der Waals surface area contributed by atoms with Gasteiger partial charge in [0.2, 0.25) is 0 Å². The van der Waals surface area contributed by atoms with E-state index >= 15 is 0 Å². The fourth-order valence-electron chi connectivity index (χ4n) is 3.37. The van der Waals surface area contributed by atoms with Crippen LogP contribution in [-0.2, 0) is 14.9 Å².